The number of H-pyrrole nitrogens is 1. The van der Waals surface area contributed by atoms with E-state index in [1.54, 1.807) is 0 Å². The maximum Gasteiger partial charge on any atom is 0.233 e. The van der Waals surface area contributed by atoms with Crippen LogP contribution in [0.5, 0.6) is 0 Å². The highest BCUT2D eigenvalue weighted by molar-refractivity contribution is 5.95. The van der Waals surface area contributed by atoms with E-state index in [2.05, 4.69) is 15.5 Å². The third-order valence-electron chi connectivity index (χ3n) is 3.69. The monoisotopic (exact) mass is 236 g/mol. The van der Waals surface area contributed by atoms with Crippen LogP contribution in [0.4, 0.5) is 5.82 Å². The standard InChI is InChI=1S/C12H20N4O/c1-2-9-7-10(16-15-9)14-11(17)12(8-13)5-3-4-6-12/h7H,2-6,8,13H2,1H3,(H2,14,15,16,17). The van der Waals surface area contributed by atoms with Gasteiger partial charge in [0.15, 0.2) is 5.82 Å². The summed E-state index contributed by atoms with van der Waals surface area (Å²) >= 11 is 0. The molecule has 5 nitrogen and oxygen atoms in total. The summed E-state index contributed by atoms with van der Waals surface area (Å²) in [4.78, 5) is 12.2. The lowest BCUT2D eigenvalue weighted by Gasteiger charge is -2.24. The Bertz CT molecular complexity index is 393. The van der Waals surface area contributed by atoms with Crippen LogP contribution in [0.15, 0.2) is 6.07 Å². The van der Waals surface area contributed by atoms with E-state index in [1.165, 1.54) is 0 Å². The van der Waals surface area contributed by atoms with E-state index in [0.717, 1.165) is 37.8 Å². The molecular weight excluding hydrogens is 216 g/mol. The summed E-state index contributed by atoms with van der Waals surface area (Å²) in [6.45, 7) is 2.46. The summed E-state index contributed by atoms with van der Waals surface area (Å²) in [5.41, 5.74) is 6.42. The molecule has 1 heterocycles. The second-order valence-electron chi connectivity index (χ2n) is 4.78. The smallest absolute Gasteiger partial charge is 0.233 e. The normalized spacial score (nSPS) is 18.2. The van der Waals surface area contributed by atoms with E-state index in [9.17, 15) is 4.79 Å². The van der Waals surface area contributed by atoms with Gasteiger partial charge >= 0.3 is 0 Å². The molecule has 1 aromatic rings. The van der Waals surface area contributed by atoms with Crippen molar-refractivity contribution in [2.75, 3.05) is 11.9 Å². The number of rotatable bonds is 4. The van der Waals surface area contributed by atoms with Crippen LogP contribution in [0.25, 0.3) is 0 Å². The fourth-order valence-electron chi connectivity index (χ4n) is 2.43. The number of nitrogens with zero attached hydrogens (tertiary/aromatic N) is 1. The zero-order valence-electron chi connectivity index (χ0n) is 10.3. The SMILES string of the molecule is CCc1cc(NC(=O)C2(CN)CCCC2)n[nH]1. The van der Waals surface area contributed by atoms with E-state index >= 15 is 0 Å². The molecule has 0 saturated heterocycles. The first-order valence-electron chi connectivity index (χ1n) is 6.26. The quantitative estimate of drug-likeness (QED) is 0.739. The van der Waals surface area contributed by atoms with Crippen molar-refractivity contribution < 1.29 is 4.79 Å². The molecule has 0 aromatic carbocycles. The van der Waals surface area contributed by atoms with Gasteiger partial charge in [-0.1, -0.05) is 19.8 Å². The molecule has 0 bridgehead atoms. The molecule has 17 heavy (non-hydrogen) atoms. The highest BCUT2D eigenvalue weighted by Crippen LogP contribution is 2.38. The van der Waals surface area contributed by atoms with Crippen molar-refractivity contribution >= 4 is 11.7 Å². The van der Waals surface area contributed by atoms with Gasteiger partial charge in [-0.2, -0.15) is 5.10 Å². The number of aryl methyl sites for hydroxylation is 1. The molecule has 5 heteroatoms. The van der Waals surface area contributed by atoms with Crippen molar-refractivity contribution in [2.24, 2.45) is 11.1 Å². The Labute approximate surface area is 101 Å². The average Bonchev–Trinajstić information content (AvgIpc) is 2.97. The van der Waals surface area contributed by atoms with Crippen molar-refractivity contribution in [2.45, 2.75) is 39.0 Å². The molecule has 94 valence electrons. The van der Waals surface area contributed by atoms with Crippen LogP contribution in [0, 0.1) is 5.41 Å². The van der Waals surface area contributed by atoms with Crippen LogP contribution < -0.4 is 11.1 Å². The molecule has 0 spiro atoms. The van der Waals surface area contributed by atoms with E-state index in [0.29, 0.717) is 12.4 Å². The van der Waals surface area contributed by atoms with Crippen LogP contribution >= 0.6 is 0 Å². The average molecular weight is 236 g/mol. The number of hydrogen-bond donors (Lipinski definition) is 3. The summed E-state index contributed by atoms with van der Waals surface area (Å²) in [5, 5.41) is 9.82. The number of carbonyl (C=O) groups excluding carboxylic acids is 1. The van der Waals surface area contributed by atoms with Gasteiger partial charge in [0.05, 0.1) is 5.41 Å². The largest absolute Gasteiger partial charge is 0.329 e. The topological polar surface area (TPSA) is 83.8 Å². The zero-order chi connectivity index (χ0) is 12.3. The predicted octanol–water partition coefficient (Wildman–Crippen LogP) is 1.43. The lowest BCUT2D eigenvalue weighted by atomic mass is 9.85. The lowest BCUT2D eigenvalue weighted by Crippen LogP contribution is -2.40. The summed E-state index contributed by atoms with van der Waals surface area (Å²) in [6, 6.07) is 1.87. The summed E-state index contributed by atoms with van der Waals surface area (Å²) < 4.78 is 0. The molecular formula is C12H20N4O. The Morgan fingerprint density at radius 2 is 2.29 bits per heavy atom. The highest BCUT2D eigenvalue weighted by Gasteiger charge is 2.39. The first-order valence-corrected chi connectivity index (χ1v) is 6.26. The predicted molar refractivity (Wildman–Crippen MR) is 66.6 cm³/mol. The van der Waals surface area contributed by atoms with Crippen LogP contribution in [0.1, 0.15) is 38.3 Å². The lowest BCUT2D eigenvalue weighted by molar-refractivity contribution is -0.124. The van der Waals surface area contributed by atoms with Gasteiger partial charge in [0, 0.05) is 18.3 Å². The maximum atomic E-state index is 12.2. The van der Waals surface area contributed by atoms with Crippen molar-refractivity contribution in [3.05, 3.63) is 11.8 Å². The Morgan fingerprint density at radius 3 is 2.82 bits per heavy atom. The highest BCUT2D eigenvalue weighted by atomic mass is 16.2. The number of aromatic nitrogens is 2. The first kappa shape index (κ1) is 12.1. The summed E-state index contributed by atoms with van der Waals surface area (Å²) in [5.74, 6) is 0.623. The molecule has 1 fully saturated rings. The van der Waals surface area contributed by atoms with Gasteiger partial charge in [-0.05, 0) is 19.3 Å². The number of nitrogens with two attached hydrogens (primary N) is 1. The number of aromatic amines is 1. The third kappa shape index (κ3) is 2.34. The van der Waals surface area contributed by atoms with Crippen molar-refractivity contribution in [1.29, 1.82) is 0 Å². The molecule has 1 aliphatic carbocycles. The molecule has 1 saturated carbocycles. The molecule has 2 rings (SSSR count). The Balaban J connectivity index is 2.05. The zero-order valence-corrected chi connectivity index (χ0v) is 10.3. The van der Waals surface area contributed by atoms with Crippen LogP contribution in [-0.2, 0) is 11.2 Å². The van der Waals surface area contributed by atoms with Gasteiger partial charge in [0.25, 0.3) is 0 Å². The molecule has 0 aliphatic heterocycles. The number of amides is 1. The fourth-order valence-corrected chi connectivity index (χ4v) is 2.43. The van der Waals surface area contributed by atoms with E-state index in [1.807, 2.05) is 13.0 Å². The van der Waals surface area contributed by atoms with Crippen molar-refractivity contribution in [1.82, 2.24) is 10.2 Å². The van der Waals surface area contributed by atoms with E-state index in [4.69, 9.17) is 5.73 Å². The second kappa shape index (κ2) is 4.87. The first-order chi connectivity index (χ1) is 8.20. The number of carbonyl (C=O) groups is 1. The van der Waals surface area contributed by atoms with Gasteiger partial charge < -0.3 is 11.1 Å². The van der Waals surface area contributed by atoms with Gasteiger partial charge in [-0.15, -0.1) is 0 Å². The van der Waals surface area contributed by atoms with Gasteiger partial charge in [-0.3, -0.25) is 9.89 Å². The van der Waals surface area contributed by atoms with Gasteiger partial charge in [0.1, 0.15) is 0 Å². The molecule has 0 radical (unpaired) electrons. The number of nitrogens with one attached hydrogen (secondary N) is 2. The molecule has 1 amide bonds. The minimum atomic E-state index is -0.370. The fraction of sp³-hybridized carbons (Fsp3) is 0.667. The van der Waals surface area contributed by atoms with Gasteiger partial charge in [-0.25, -0.2) is 0 Å². The summed E-state index contributed by atoms with van der Waals surface area (Å²) in [7, 11) is 0. The Kier molecular flexibility index (Phi) is 3.47. The second-order valence-corrected chi connectivity index (χ2v) is 4.78. The molecule has 0 unspecified atom stereocenters. The Hall–Kier alpha value is -1.36. The minimum Gasteiger partial charge on any atom is -0.329 e. The molecule has 1 aliphatic rings. The molecule has 1 aromatic heterocycles. The minimum absolute atomic E-state index is 0.0200. The van der Waals surface area contributed by atoms with E-state index < -0.39 is 0 Å². The third-order valence-corrected chi connectivity index (χ3v) is 3.69. The van der Waals surface area contributed by atoms with Crippen LogP contribution in [0.3, 0.4) is 0 Å². The van der Waals surface area contributed by atoms with Crippen molar-refractivity contribution in [3.63, 3.8) is 0 Å². The molecule has 4 N–H and O–H groups in total. The maximum absolute atomic E-state index is 12.2. The van der Waals surface area contributed by atoms with Crippen LogP contribution in [-0.4, -0.2) is 22.6 Å². The number of anilines is 1. The summed E-state index contributed by atoms with van der Waals surface area (Å²) in [6.07, 6.45) is 4.84. The van der Waals surface area contributed by atoms with E-state index in [-0.39, 0.29) is 11.3 Å². The van der Waals surface area contributed by atoms with Crippen molar-refractivity contribution in [3.8, 4) is 0 Å². The number of hydrogen-bond acceptors (Lipinski definition) is 3. The van der Waals surface area contributed by atoms with Crippen LogP contribution in [0.2, 0.25) is 0 Å². The molecule has 0 atom stereocenters. The Morgan fingerprint density at radius 1 is 1.59 bits per heavy atom. The van der Waals surface area contributed by atoms with Gasteiger partial charge in [0.2, 0.25) is 5.91 Å².